The highest BCUT2D eigenvalue weighted by molar-refractivity contribution is 8.14. The van der Waals surface area contributed by atoms with Crippen LogP contribution >= 0.6 is 11.8 Å². The third-order valence-corrected chi connectivity index (χ3v) is 9.05. The second-order valence-corrected chi connectivity index (χ2v) is 10.4. The van der Waals surface area contributed by atoms with E-state index in [9.17, 15) is 4.79 Å². The van der Waals surface area contributed by atoms with E-state index in [4.69, 9.17) is 11.1 Å². The number of thioether (sulfide) groups is 1. The van der Waals surface area contributed by atoms with Crippen LogP contribution in [0.3, 0.4) is 0 Å². The summed E-state index contributed by atoms with van der Waals surface area (Å²) in [7, 11) is 0. The van der Waals surface area contributed by atoms with Crippen molar-refractivity contribution in [2.75, 3.05) is 0 Å². The Morgan fingerprint density at radius 1 is 1.21 bits per heavy atom. The van der Waals surface area contributed by atoms with Crippen LogP contribution in [0, 0.1) is 34.0 Å². The van der Waals surface area contributed by atoms with Gasteiger partial charge in [-0.2, -0.15) is 0 Å². The topological polar surface area (TPSA) is 66.9 Å². The number of nitrogens with two attached hydrogens (primary N) is 1. The molecule has 4 heteroatoms. The van der Waals surface area contributed by atoms with Gasteiger partial charge in [0, 0.05) is 17.1 Å². The maximum absolute atomic E-state index is 12.5. The largest absolute Gasteiger partial charge is 0.379 e. The Morgan fingerprint density at radius 2 is 1.92 bits per heavy atom. The van der Waals surface area contributed by atoms with Gasteiger partial charge in [-0.25, -0.2) is 0 Å². The molecule has 0 radical (unpaired) electrons. The van der Waals surface area contributed by atoms with Crippen LogP contribution in [-0.2, 0) is 4.79 Å². The number of hydrogen-bond acceptors (Lipinski definition) is 3. The fourth-order valence-corrected chi connectivity index (χ4v) is 7.54. The van der Waals surface area contributed by atoms with Crippen molar-refractivity contribution >= 4 is 22.7 Å². The molecule has 132 valence electrons. The molecule has 3 nitrogen and oxygen atoms in total. The van der Waals surface area contributed by atoms with Gasteiger partial charge in [-0.05, 0) is 68.1 Å². The number of carbonyl (C=O) groups excluding carboxylic acids is 1. The third kappa shape index (κ3) is 2.32. The molecule has 4 rings (SSSR count). The molecule has 0 unspecified atom stereocenters. The van der Waals surface area contributed by atoms with E-state index in [1.165, 1.54) is 25.7 Å². The maximum atomic E-state index is 12.5. The summed E-state index contributed by atoms with van der Waals surface area (Å²) >= 11 is 1.55. The van der Waals surface area contributed by atoms with Gasteiger partial charge in [0.05, 0.1) is 0 Å². The van der Waals surface area contributed by atoms with Gasteiger partial charge >= 0.3 is 0 Å². The molecule has 3 saturated carbocycles. The predicted octanol–water partition coefficient (Wildman–Crippen LogP) is 4.51. The number of hydrogen-bond donors (Lipinski definition) is 2. The fraction of sp³-hybridized carbons (Fsp3) is 0.800. The zero-order valence-corrected chi connectivity index (χ0v) is 15.8. The van der Waals surface area contributed by atoms with E-state index in [0.717, 1.165) is 31.6 Å². The van der Waals surface area contributed by atoms with Gasteiger partial charge in [0.25, 0.3) is 0 Å². The Bertz CT molecular complexity index is 615. The fourth-order valence-electron chi connectivity index (χ4n) is 6.68. The zero-order chi connectivity index (χ0) is 17.1. The lowest BCUT2D eigenvalue weighted by molar-refractivity contribution is -0.131. The average Bonchev–Trinajstić information content (AvgIpc) is 2.83. The minimum Gasteiger partial charge on any atom is -0.379 e. The SMILES string of the molecule is C[C@]12CC[C@H](SC(=N)N)CC1=CC[C@@H]1[C@@H]2CC[C@]2(C)C(=O)CC[C@@H]12. The number of nitrogens with one attached hydrogen (secondary N) is 1. The van der Waals surface area contributed by atoms with Crippen molar-refractivity contribution in [1.29, 1.82) is 5.41 Å². The van der Waals surface area contributed by atoms with Gasteiger partial charge in [-0.15, -0.1) is 0 Å². The highest BCUT2D eigenvalue weighted by Crippen LogP contribution is 2.64. The van der Waals surface area contributed by atoms with Crippen molar-refractivity contribution in [3.05, 3.63) is 11.6 Å². The first-order chi connectivity index (χ1) is 11.3. The minimum atomic E-state index is -0.0233. The molecule has 6 atom stereocenters. The monoisotopic (exact) mass is 346 g/mol. The highest BCUT2D eigenvalue weighted by atomic mass is 32.2. The maximum Gasteiger partial charge on any atom is 0.151 e. The Kier molecular flexibility index (Phi) is 3.91. The normalized spacial score (nSPS) is 47.4. The lowest BCUT2D eigenvalue weighted by Crippen LogP contribution is -2.50. The minimum absolute atomic E-state index is 0.0233. The lowest BCUT2D eigenvalue weighted by Gasteiger charge is -2.57. The van der Waals surface area contributed by atoms with Crippen LogP contribution in [0.2, 0.25) is 0 Å². The van der Waals surface area contributed by atoms with Gasteiger partial charge < -0.3 is 5.73 Å². The number of carbonyl (C=O) groups is 1. The first kappa shape index (κ1) is 16.7. The second kappa shape index (κ2) is 5.62. The molecule has 0 aliphatic heterocycles. The summed E-state index contributed by atoms with van der Waals surface area (Å²) in [4.78, 5) is 12.5. The Hall–Kier alpha value is -0.770. The zero-order valence-electron chi connectivity index (χ0n) is 14.9. The van der Waals surface area contributed by atoms with Crippen LogP contribution in [0.4, 0.5) is 0 Å². The van der Waals surface area contributed by atoms with E-state index in [-0.39, 0.29) is 10.6 Å². The molecular formula is C20H30N2OS. The van der Waals surface area contributed by atoms with Gasteiger partial charge in [0.2, 0.25) is 0 Å². The summed E-state index contributed by atoms with van der Waals surface area (Å²) in [6, 6.07) is 0. The van der Waals surface area contributed by atoms with Crippen molar-refractivity contribution in [1.82, 2.24) is 0 Å². The first-order valence-electron chi connectivity index (χ1n) is 9.58. The molecule has 0 amide bonds. The molecule has 0 saturated heterocycles. The molecule has 3 N–H and O–H groups in total. The molecular weight excluding hydrogens is 316 g/mol. The van der Waals surface area contributed by atoms with Crippen molar-refractivity contribution in [3.63, 3.8) is 0 Å². The van der Waals surface area contributed by atoms with Crippen LogP contribution in [0.1, 0.15) is 65.2 Å². The van der Waals surface area contributed by atoms with Gasteiger partial charge in [-0.3, -0.25) is 10.2 Å². The van der Waals surface area contributed by atoms with Gasteiger partial charge in [0.1, 0.15) is 5.78 Å². The van der Waals surface area contributed by atoms with E-state index in [1.807, 2.05) is 0 Å². The van der Waals surface area contributed by atoms with E-state index in [1.54, 1.807) is 17.3 Å². The van der Waals surface area contributed by atoms with Crippen molar-refractivity contribution in [2.24, 2.45) is 34.3 Å². The summed E-state index contributed by atoms with van der Waals surface area (Å²) in [5.41, 5.74) is 7.54. The van der Waals surface area contributed by atoms with Crippen LogP contribution in [0.15, 0.2) is 11.6 Å². The average molecular weight is 347 g/mol. The van der Waals surface area contributed by atoms with E-state index < -0.39 is 0 Å². The highest BCUT2D eigenvalue weighted by Gasteiger charge is 2.58. The van der Waals surface area contributed by atoms with Gasteiger partial charge in [-0.1, -0.05) is 37.3 Å². The summed E-state index contributed by atoms with van der Waals surface area (Å²) in [5.74, 6) is 2.61. The smallest absolute Gasteiger partial charge is 0.151 e. The number of fused-ring (bicyclic) bond motifs is 5. The quantitative estimate of drug-likeness (QED) is 0.417. The Labute approximate surface area is 149 Å². The number of rotatable bonds is 1. The standard InChI is InChI=1S/C20H30N2OS/c1-19-9-7-13(24-18(21)22)11-12(19)3-4-14-15-5-6-17(23)20(15,2)10-8-16(14)19/h3,13-16H,4-11H2,1-2H3,(H3,21,22)/t13-,14-,15-,16-,19-,20-/m0/s1. The molecule has 4 aliphatic carbocycles. The van der Waals surface area contributed by atoms with E-state index in [2.05, 4.69) is 19.9 Å². The van der Waals surface area contributed by atoms with E-state index in [0.29, 0.717) is 28.3 Å². The summed E-state index contributed by atoms with van der Waals surface area (Å²) in [6.07, 6.45) is 11.4. The van der Waals surface area contributed by atoms with E-state index >= 15 is 0 Å². The van der Waals surface area contributed by atoms with Gasteiger partial charge in [0.15, 0.2) is 5.17 Å². The number of allylic oxidation sites excluding steroid dienone is 2. The van der Waals surface area contributed by atoms with Crippen LogP contribution in [0.5, 0.6) is 0 Å². The molecule has 0 aromatic carbocycles. The molecule has 0 spiro atoms. The summed E-state index contributed by atoms with van der Waals surface area (Å²) < 4.78 is 0. The lowest BCUT2D eigenvalue weighted by atomic mass is 9.48. The van der Waals surface area contributed by atoms with Crippen LogP contribution in [0.25, 0.3) is 0 Å². The third-order valence-electron chi connectivity index (χ3n) is 8.06. The van der Waals surface area contributed by atoms with Crippen molar-refractivity contribution < 1.29 is 4.79 Å². The number of ketones is 1. The second-order valence-electron chi connectivity index (χ2n) is 9.02. The number of amidine groups is 1. The Morgan fingerprint density at radius 3 is 2.67 bits per heavy atom. The molecule has 0 bridgehead atoms. The van der Waals surface area contributed by atoms with Crippen LogP contribution < -0.4 is 5.73 Å². The molecule has 0 aromatic heterocycles. The summed E-state index contributed by atoms with van der Waals surface area (Å²) in [5, 5.41) is 8.31. The predicted molar refractivity (Wildman–Crippen MR) is 100 cm³/mol. The van der Waals surface area contributed by atoms with Crippen LogP contribution in [-0.4, -0.2) is 16.2 Å². The Balaban J connectivity index is 1.60. The molecule has 4 aliphatic rings. The molecule has 0 heterocycles. The molecule has 3 fully saturated rings. The first-order valence-corrected chi connectivity index (χ1v) is 10.5. The van der Waals surface area contributed by atoms with Crippen molar-refractivity contribution in [2.45, 2.75) is 70.5 Å². The number of Topliss-reactive ketones (excluding diaryl/α,β-unsaturated/α-hetero) is 1. The van der Waals surface area contributed by atoms with Crippen molar-refractivity contribution in [3.8, 4) is 0 Å². The summed E-state index contributed by atoms with van der Waals surface area (Å²) in [6.45, 7) is 4.74. The molecule has 24 heavy (non-hydrogen) atoms. The molecule has 0 aromatic rings.